The van der Waals surface area contributed by atoms with E-state index in [9.17, 15) is 0 Å². The molecule has 0 aliphatic heterocycles. The molecule has 0 saturated heterocycles. The molecular weight excluding hydrogens is 208 g/mol. The van der Waals surface area contributed by atoms with Gasteiger partial charge in [-0.15, -0.1) is 11.3 Å². The molecule has 2 rings (SSSR count). The van der Waals surface area contributed by atoms with Crippen LogP contribution in [0.3, 0.4) is 0 Å². The zero-order valence-electron chi connectivity index (χ0n) is 8.73. The topological polar surface area (TPSA) is 35.0 Å². The fourth-order valence-corrected chi connectivity index (χ4v) is 2.12. The highest BCUT2D eigenvalue weighted by atomic mass is 32.1. The van der Waals surface area contributed by atoms with Gasteiger partial charge in [0.25, 0.3) is 0 Å². The molecule has 0 bridgehead atoms. The second-order valence-electron chi connectivity index (χ2n) is 3.09. The van der Waals surface area contributed by atoms with Gasteiger partial charge in [0.15, 0.2) is 0 Å². The molecule has 0 saturated carbocycles. The number of rotatable bonds is 3. The summed E-state index contributed by atoms with van der Waals surface area (Å²) in [5.41, 5.74) is 2.17. The van der Waals surface area contributed by atoms with E-state index in [2.05, 4.69) is 22.3 Å². The molecule has 78 valence electrons. The lowest BCUT2D eigenvalue weighted by Gasteiger charge is -1.98. The lowest BCUT2D eigenvalue weighted by molar-refractivity contribution is 0.398. The molecule has 0 aromatic carbocycles. The zero-order valence-corrected chi connectivity index (χ0v) is 9.54. The van der Waals surface area contributed by atoms with Crippen molar-refractivity contribution in [2.45, 2.75) is 13.3 Å². The average Bonchev–Trinajstić information content (AvgIpc) is 2.78. The summed E-state index contributed by atoms with van der Waals surface area (Å²) in [6.45, 7) is 2.10. The van der Waals surface area contributed by atoms with Gasteiger partial charge in [-0.1, -0.05) is 6.92 Å². The monoisotopic (exact) mass is 220 g/mol. The van der Waals surface area contributed by atoms with Crippen LogP contribution in [0.25, 0.3) is 10.6 Å². The number of hydrogen-bond donors (Lipinski definition) is 0. The Morgan fingerprint density at radius 2 is 2.27 bits per heavy atom. The minimum Gasteiger partial charge on any atom is -0.481 e. The van der Waals surface area contributed by atoms with E-state index in [1.807, 2.05) is 12.1 Å². The van der Waals surface area contributed by atoms with Gasteiger partial charge in [0, 0.05) is 23.2 Å². The van der Waals surface area contributed by atoms with E-state index in [4.69, 9.17) is 4.74 Å². The molecule has 4 heteroatoms. The van der Waals surface area contributed by atoms with Crippen LogP contribution < -0.4 is 4.74 Å². The predicted molar refractivity (Wildman–Crippen MR) is 61.3 cm³/mol. The number of ether oxygens (including phenoxy) is 1. The Morgan fingerprint density at radius 3 is 2.80 bits per heavy atom. The van der Waals surface area contributed by atoms with Crippen LogP contribution in [0.1, 0.15) is 12.6 Å². The number of hydrogen-bond acceptors (Lipinski definition) is 4. The van der Waals surface area contributed by atoms with Crippen LogP contribution in [0.4, 0.5) is 0 Å². The summed E-state index contributed by atoms with van der Waals surface area (Å²) in [5, 5.41) is 3.10. The standard InChI is InChI=1S/C11H12N2OS/c1-3-9-7-15-11(13-9)8-4-5-10(14-2)12-6-8/h4-7H,3H2,1-2H3. The number of pyridine rings is 1. The van der Waals surface area contributed by atoms with Gasteiger partial charge < -0.3 is 4.74 Å². The first-order chi connectivity index (χ1) is 7.33. The average molecular weight is 220 g/mol. The first-order valence-corrected chi connectivity index (χ1v) is 5.66. The minimum atomic E-state index is 0.631. The van der Waals surface area contributed by atoms with Crippen LogP contribution in [0, 0.1) is 0 Å². The van der Waals surface area contributed by atoms with E-state index in [0.717, 1.165) is 22.7 Å². The highest BCUT2D eigenvalue weighted by Gasteiger charge is 2.04. The highest BCUT2D eigenvalue weighted by Crippen LogP contribution is 2.24. The lowest BCUT2D eigenvalue weighted by Crippen LogP contribution is -1.87. The summed E-state index contributed by atoms with van der Waals surface area (Å²) in [6, 6.07) is 3.83. The van der Waals surface area contributed by atoms with Crippen LogP contribution in [0.15, 0.2) is 23.7 Å². The van der Waals surface area contributed by atoms with Crippen molar-refractivity contribution in [3.05, 3.63) is 29.4 Å². The molecule has 0 radical (unpaired) electrons. The molecule has 2 aromatic rings. The van der Waals surface area contributed by atoms with Crippen LogP contribution in [-0.2, 0) is 6.42 Å². The minimum absolute atomic E-state index is 0.631. The third-order valence-electron chi connectivity index (χ3n) is 2.11. The predicted octanol–water partition coefficient (Wildman–Crippen LogP) is 2.78. The van der Waals surface area contributed by atoms with E-state index in [1.165, 1.54) is 0 Å². The summed E-state index contributed by atoms with van der Waals surface area (Å²) >= 11 is 1.65. The molecule has 0 aliphatic rings. The number of methoxy groups -OCH3 is 1. The normalized spacial score (nSPS) is 10.3. The molecule has 0 N–H and O–H groups in total. The van der Waals surface area contributed by atoms with Crippen molar-refractivity contribution in [2.75, 3.05) is 7.11 Å². The van der Waals surface area contributed by atoms with Gasteiger partial charge in [-0.05, 0) is 12.5 Å². The number of thiazole rings is 1. The summed E-state index contributed by atoms with van der Waals surface area (Å²) in [6.07, 6.45) is 2.76. The number of aromatic nitrogens is 2. The van der Waals surface area contributed by atoms with Crippen molar-refractivity contribution >= 4 is 11.3 Å². The van der Waals surface area contributed by atoms with Gasteiger partial charge in [-0.3, -0.25) is 0 Å². The van der Waals surface area contributed by atoms with Crippen molar-refractivity contribution in [3.8, 4) is 16.5 Å². The molecule has 3 nitrogen and oxygen atoms in total. The summed E-state index contributed by atoms with van der Waals surface area (Å²) in [5.74, 6) is 0.631. The number of aryl methyl sites for hydroxylation is 1. The van der Waals surface area contributed by atoms with E-state index in [0.29, 0.717) is 5.88 Å². The third-order valence-corrected chi connectivity index (χ3v) is 3.05. The number of nitrogens with zero attached hydrogens (tertiary/aromatic N) is 2. The summed E-state index contributed by atoms with van der Waals surface area (Å²) < 4.78 is 5.00. The highest BCUT2D eigenvalue weighted by molar-refractivity contribution is 7.13. The van der Waals surface area contributed by atoms with E-state index >= 15 is 0 Å². The molecule has 0 fully saturated rings. The molecule has 0 aliphatic carbocycles. The van der Waals surface area contributed by atoms with Crippen molar-refractivity contribution in [3.63, 3.8) is 0 Å². The quantitative estimate of drug-likeness (QED) is 0.797. The fraction of sp³-hybridized carbons (Fsp3) is 0.273. The van der Waals surface area contributed by atoms with Crippen LogP contribution in [-0.4, -0.2) is 17.1 Å². The Bertz CT molecular complexity index is 436. The maximum absolute atomic E-state index is 5.00. The smallest absolute Gasteiger partial charge is 0.212 e. The van der Waals surface area contributed by atoms with E-state index < -0.39 is 0 Å². The largest absolute Gasteiger partial charge is 0.481 e. The molecule has 2 heterocycles. The van der Waals surface area contributed by atoms with Gasteiger partial charge in [-0.25, -0.2) is 9.97 Å². The van der Waals surface area contributed by atoms with Crippen molar-refractivity contribution in [1.82, 2.24) is 9.97 Å². The Balaban J connectivity index is 2.28. The van der Waals surface area contributed by atoms with Crippen molar-refractivity contribution < 1.29 is 4.74 Å². The SMILES string of the molecule is CCc1csc(-c2ccc(OC)nc2)n1. The summed E-state index contributed by atoms with van der Waals surface area (Å²) in [7, 11) is 1.61. The first-order valence-electron chi connectivity index (χ1n) is 4.78. The maximum atomic E-state index is 5.00. The Kier molecular flexibility index (Phi) is 2.97. The maximum Gasteiger partial charge on any atom is 0.212 e. The molecule has 0 spiro atoms. The van der Waals surface area contributed by atoms with Gasteiger partial charge >= 0.3 is 0 Å². The molecule has 0 unspecified atom stereocenters. The van der Waals surface area contributed by atoms with Gasteiger partial charge in [0.1, 0.15) is 5.01 Å². The van der Waals surface area contributed by atoms with E-state index in [-0.39, 0.29) is 0 Å². The zero-order chi connectivity index (χ0) is 10.7. The van der Waals surface area contributed by atoms with Gasteiger partial charge in [0.05, 0.1) is 12.8 Å². The van der Waals surface area contributed by atoms with Crippen molar-refractivity contribution in [1.29, 1.82) is 0 Å². The van der Waals surface area contributed by atoms with Crippen molar-refractivity contribution in [2.24, 2.45) is 0 Å². The first kappa shape index (κ1) is 10.1. The fourth-order valence-electron chi connectivity index (χ4n) is 1.23. The lowest BCUT2D eigenvalue weighted by atomic mass is 10.3. The molecule has 15 heavy (non-hydrogen) atoms. The van der Waals surface area contributed by atoms with Crippen LogP contribution >= 0.6 is 11.3 Å². The van der Waals surface area contributed by atoms with Crippen LogP contribution in [0.2, 0.25) is 0 Å². The Labute approximate surface area is 92.8 Å². The molecule has 2 aromatic heterocycles. The third kappa shape index (κ3) is 2.15. The molecule has 0 atom stereocenters. The van der Waals surface area contributed by atoms with Gasteiger partial charge in [0.2, 0.25) is 5.88 Å². The van der Waals surface area contributed by atoms with Gasteiger partial charge in [-0.2, -0.15) is 0 Å². The summed E-state index contributed by atoms with van der Waals surface area (Å²) in [4.78, 5) is 8.65. The molecule has 0 amide bonds. The second-order valence-corrected chi connectivity index (χ2v) is 3.94. The Morgan fingerprint density at radius 1 is 1.40 bits per heavy atom. The Hall–Kier alpha value is -1.42. The van der Waals surface area contributed by atoms with Crippen LogP contribution in [0.5, 0.6) is 5.88 Å². The second kappa shape index (κ2) is 4.40. The van der Waals surface area contributed by atoms with E-state index in [1.54, 1.807) is 24.6 Å². The molecular formula is C11H12N2OS.